The normalized spacial score (nSPS) is 11.9. The molecule has 0 N–H and O–H groups in total. The first-order chi connectivity index (χ1) is 11.5. The average molecular weight is 345 g/mol. The maximum absolute atomic E-state index is 12.0. The van der Waals surface area contributed by atoms with E-state index in [-0.39, 0.29) is 15.8 Å². The van der Waals surface area contributed by atoms with Gasteiger partial charge in [0.15, 0.2) is 6.10 Å². The molecule has 24 heavy (non-hydrogen) atoms. The number of benzene rings is 1. The van der Waals surface area contributed by atoms with Crippen LogP contribution < -0.4 is 0 Å². The highest BCUT2D eigenvalue weighted by Crippen LogP contribution is 2.27. The Morgan fingerprint density at radius 2 is 2.00 bits per heavy atom. The molecule has 8 nitrogen and oxygen atoms in total. The topological polar surface area (TPSA) is 108 Å². The van der Waals surface area contributed by atoms with E-state index in [1.165, 1.54) is 12.1 Å². The number of nitrogens with zero attached hydrogens (tertiary/aromatic N) is 3. The van der Waals surface area contributed by atoms with E-state index in [0.29, 0.717) is 5.89 Å². The minimum Gasteiger partial charge on any atom is -0.448 e. The average Bonchev–Trinajstić information content (AvgIpc) is 3.25. The van der Waals surface area contributed by atoms with Gasteiger partial charge >= 0.3 is 11.0 Å². The molecule has 3 rings (SSSR count). The Kier molecular flexibility index (Phi) is 4.34. The maximum Gasteiger partial charge on any atom is 0.349 e. The van der Waals surface area contributed by atoms with Gasteiger partial charge in [-0.25, -0.2) is 4.79 Å². The molecule has 0 fully saturated rings. The lowest BCUT2D eigenvalue weighted by Crippen LogP contribution is -2.08. The Balaban J connectivity index is 1.70. The summed E-state index contributed by atoms with van der Waals surface area (Å²) in [7, 11) is 0. The monoisotopic (exact) mass is 345 g/mol. The molecule has 0 radical (unpaired) electrons. The zero-order valence-electron chi connectivity index (χ0n) is 12.4. The summed E-state index contributed by atoms with van der Waals surface area (Å²) < 4.78 is 10.7. The molecular formula is C15H11N3O5S. The number of thiophene rings is 1. The molecule has 1 atom stereocenters. The third-order valence-corrected chi connectivity index (χ3v) is 4.08. The molecule has 0 aliphatic carbocycles. The summed E-state index contributed by atoms with van der Waals surface area (Å²) in [5, 5.41) is 18.3. The number of hydrogen-bond acceptors (Lipinski definition) is 8. The fourth-order valence-electron chi connectivity index (χ4n) is 1.90. The molecule has 9 heteroatoms. The summed E-state index contributed by atoms with van der Waals surface area (Å²) in [4.78, 5) is 22.2. The van der Waals surface area contributed by atoms with Crippen LogP contribution in [0.25, 0.3) is 11.5 Å². The number of hydrogen-bond donors (Lipinski definition) is 0. The molecule has 0 amide bonds. The molecule has 0 aliphatic rings. The molecule has 0 aliphatic heterocycles. The van der Waals surface area contributed by atoms with Gasteiger partial charge in [-0.2, -0.15) is 0 Å². The van der Waals surface area contributed by atoms with Gasteiger partial charge in [0.05, 0.1) is 4.92 Å². The highest BCUT2D eigenvalue weighted by atomic mass is 32.1. The van der Waals surface area contributed by atoms with Crippen LogP contribution in [0.2, 0.25) is 0 Å². The van der Waals surface area contributed by atoms with Crippen molar-refractivity contribution in [1.82, 2.24) is 10.2 Å². The lowest BCUT2D eigenvalue weighted by molar-refractivity contribution is -0.380. The quantitative estimate of drug-likeness (QED) is 0.394. The van der Waals surface area contributed by atoms with Crippen molar-refractivity contribution in [3.05, 3.63) is 63.3 Å². The van der Waals surface area contributed by atoms with Gasteiger partial charge in [0.1, 0.15) is 4.88 Å². The van der Waals surface area contributed by atoms with Crippen molar-refractivity contribution in [2.75, 3.05) is 0 Å². The van der Waals surface area contributed by atoms with Crippen molar-refractivity contribution in [3.63, 3.8) is 0 Å². The molecule has 3 aromatic rings. The van der Waals surface area contributed by atoms with E-state index in [0.717, 1.165) is 16.9 Å². The summed E-state index contributed by atoms with van der Waals surface area (Å²) in [5.74, 6) is -0.214. The van der Waals surface area contributed by atoms with Crippen molar-refractivity contribution in [1.29, 1.82) is 0 Å². The molecule has 0 unspecified atom stereocenters. The first-order valence-electron chi connectivity index (χ1n) is 6.88. The summed E-state index contributed by atoms with van der Waals surface area (Å²) in [5.41, 5.74) is 0.753. The van der Waals surface area contributed by atoms with Gasteiger partial charge in [-0.05, 0) is 25.1 Å². The van der Waals surface area contributed by atoms with Gasteiger partial charge in [-0.1, -0.05) is 29.5 Å². The van der Waals surface area contributed by atoms with Gasteiger partial charge in [0.25, 0.3) is 5.89 Å². The smallest absolute Gasteiger partial charge is 0.349 e. The van der Waals surface area contributed by atoms with Crippen LogP contribution in [0.1, 0.15) is 28.6 Å². The van der Waals surface area contributed by atoms with Crippen LogP contribution in [-0.4, -0.2) is 21.1 Å². The zero-order valence-corrected chi connectivity index (χ0v) is 13.2. The van der Waals surface area contributed by atoms with Gasteiger partial charge in [0, 0.05) is 11.6 Å². The fourth-order valence-corrected chi connectivity index (χ4v) is 2.60. The second kappa shape index (κ2) is 6.59. The number of rotatable bonds is 5. The Morgan fingerprint density at radius 1 is 1.25 bits per heavy atom. The first kappa shape index (κ1) is 15.8. The lowest BCUT2D eigenvalue weighted by atomic mass is 10.2. The summed E-state index contributed by atoms with van der Waals surface area (Å²) >= 11 is 0.748. The van der Waals surface area contributed by atoms with Gasteiger partial charge in [-0.3, -0.25) is 10.1 Å². The van der Waals surface area contributed by atoms with Crippen molar-refractivity contribution < 1.29 is 18.9 Å². The summed E-state index contributed by atoms with van der Waals surface area (Å²) in [6.07, 6.45) is -0.774. The number of carbonyl (C=O) groups excluding carboxylic acids is 1. The molecule has 122 valence electrons. The minimum atomic E-state index is -0.774. The molecule has 0 spiro atoms. The highest BCUT2D eigenvalue weighted by molar-refractivity contribution is 7.17. The Labute approximate surface area is 139 Å². The minimum absolute atomic E-state index is 0.126. The van der Waals surface area contributed by atoms with Crippen LogP contribution in [0.4, 0.5) is 5.00 Å². The number of ether oxygens (including phenoxy) is 1. The molecule has 0 bridgehead atoms. The number of esters is 1. The van der Waals surface area contributed by atoms with Gasteiger partial charge in [-0.15, -0.1) is 10.2 Å². The molecule has 0 saturated carbocycles. The van der Waals surface area contributed by atoms with Gasteiger partial charge < -0.3 is 9.15 Å². The van der Waals surface area contributed by atoms with Crippen molar-refractivity contribution >= 4 is 22.3 Å². The van der Waals surface area contributed by atoms with Crippen LogP contribution in [0.5, 0.6) is 0 Å². The molecule has 1 aromatic carbocycles. The van der Waals surface area contributed by atoms with Gasteiger partial charge in [0.2, 0.25) is 5.89 Å². The molecular weight excluding hydrogens is 334 g/mol. The van der Waals surface area contributed by atoms with Crippen LogP contribution in [0.3, 0.4) is 0 Å². The number of nitro groups is 1. The van der Waals surface area contributed by atoms with E-state index in [4.69, 9.17) is 9.15 Å². The Morgan fingerprint density at radius 3 is 2.67 bits per heavy atom. The van der Waals surface area contributed by atoms with Crippen LogP contribution in [-0.2, 0) is 4.74 Å². The maximum atomic E-state index is 12.0. The standard InChI is InChI=1S/C15H11N3O5S/c1-9(22-15(19)11-7-8-12(24-11)18(20)21)13-16-17-14(23-13)10-5-3-2-4-6-10/h2-9H,1H3/t9-/m1/s1. The Bertz CT molecular complexity index is 874. The number of aromatic nitrogens is 2. The van der Waals surface area contributed by atoms with Crippen LogP contribution >= 0.6 is 11.3 Å². The summed E-state index contributed by atoms with van der Waals surface area (Å²) in [6, 6.07) is 11.8. The third kappa shape index (κ3) is 3.30. The van der Waals surface area contributed by atoms with Crippen molar-refractivity contribution in [3.8, 4) is 11.5 Å². The molecule has 2 aromatic heterocycles. The van der Waals surface area contributed by atoms with E-state index in [1.54, 1.807) is 6.92 Å². The predicted molar refractivity (Wildman–Crippen MR) is 84.5 cm³/mol. The summed E-state index contributed by atoms with van der Waals surface area (Å²) in [6.45, 7) is 1.59. The third-order valence-electron chi connectivity index (χ3n) is 3.07. The molecule has 2 heterocycles. The fraction of sp³-hybridized carbons (Fsp3) is 0.133. The first-order valence-corrected chi connectivity index (χ1v) is 7.70. The largest absolute Gasteiger partial charge is 0.448 e. The van der Waals surface area contributed by atoms with Crippen LogP contribution in [0, 0.1) is 10.1 Å². The van der Waals surface area contributed by atoms with Crippen molar-refractivity contribution in [2.24, 2.45) is 0 Å². The molecule has 0 saturated heterocycles. The van der Waals surface area contributed by atoms with E-state index >= 15 is 0 Å². The second-order valence-electron chi connectivity index (χ2n) is 4.75. The van der Waals surface area contributed by atoms with Crippen LogP contribution in [0.15, 0.2) is 46.9 Å². The second-order valence-corrected chi connectivity index (χ2v) is 5.82. The Hall–Kier alpha value is -3.07. The SMILES string of the molecule is C[C@@H](OC(=O)c1ccc([N+](=O)[O-])s1)c1nnc(-c2ccccc2)o1. The zero-order chi connectivity index (χ0) is 17.1. The van der Waals surface area contributed by atoms with Crippen molar-refractivity contribution in [2.45, 2.75) is 13.0 Å². The van der Waals surface area contributed by atoms with E-state index < -0.39 is 17.0 Å². The van der Waals surface area contributed by atoms with E-state index in [1.807, 2.05) is 30.3 Å². The predicted octanol–water partition coefficient (Wildman–Crippen LogP) is 3.62. The number of carbonyl (C=O) groups is 1. The van der Waals surface area contributed by atoms with E-state index in [2.05, 4.69) is 10.2 Å². The lowest BCUT2D eigenvalue weighted by Gasteiger charge is -2.07. The highest BCUT2D eigenvalue weighted by Gasteiger charge is 2.22. The van der Waals surface area contributed by atoms with E-state index in [9.17, 15) is 14.9 Å².